The van der Waals surface area contributed by atoms with E-state index in [1.807, 2.05) is 6.26 Å². The molecule has 1 amide bonds. The van der Waals surface area contributed by atoms with Gasteiger partial charge in [-0.15, -0.1) is 0 Å². The average molecular weight is 414 g/mol. The van der Waals surface area contributed by atoms with E-state index in [0.717, 1.165) is 11.8 Å². The Kier molecular flexibility index (Phi) is 7.36. The second kappa shape index (κ2) is 9.29. The van der Waals surface area contributed by atoms with E-state index in [0.29, 0.717) is 34.1 Å². The maximum absolute atomic E-state index is 12.8. The van der Waals surface area contributed by atoms with Gasteiger partial charge in [0.1, 0.15) is 10.4 Å². The van der Waals surface area contributed by atoms with Crippen LogP contribution in [0.1, 0.15) is 12.0 Å². The summed E-state index contributed by atoms with van der Waals surface area (Å²) in [7, 11) is 3.05. The van der Waals surface area contributed by atoms with E-state index >= 15 is 0 Å². The molecule has 1 atom stereocenters. The molecule has 0 saturated carbocycles. The maximum Gasteiger partial charge on any atom is 0.326 e. The highest BCUT2D eigenvalue weighted by atomic mass is 32.2. The molecule has 1 aliphatic heterocycles. The van der Waals surface area contributed by atoms with E-state index in [9.17, 15) is 14.7 Å². The lowest BCUT2D eigenvalue weighted by atomic mass is 10.1. The van der Waals surface area contributed by atoms with Crippen LogP contribution < -0.4 is 9.47 Å². The van der Waals surface area contributed by atoms with Crippen molar-refractivity contribution < 1.29 is 24.2 Å². The smallest absolute Gasteiger partial charge is 0.326 e. The van der Waals surface area contributed by atoms with Crippen LogP contribution in [-0.2, 0) is 9.59 Å². The van der Waals surface area contributed by atoms with Crippen LogP contribution >= 0.6 is 35.7 Å². The van der Waals surface area contributed by atoms with Crippen LogP contribution in [0, 0.1) is 0 Å². The summed E-state index contributed by atoms with van der Waals surface area (Å²) in [5.41, 5.74) is 0.656. The van der Waals surface area contributed by atoms with Gasteiger partial charge in [0.05, 0.1) is 19.1 Å². The van der Waals surface area contributed by atoms with Crippen molar-refractivity contribution in [3.8, 4) is 11.5 Å². The zero-order chi connectivity index (χ0) is 19.3. The van der Waals surface area contributed by atoms with Gasteiger partial charge in [0.2, 0.25) is 0 Å². The number of hydrogen-bond donors (Lipinski definition) is 1. The van der Waals surface area contributed by atoms with Crippen LogP contribution in [0.4, 0.5) is 0 Å². The lowest BCUT2D eigenvalue weighted by molar-refractivity contribution is -0.145. The predicted molar refractivity (Wildman–Crippen MR) is 109 cm³/mol. The van der Waals surface area contributed by atoms with Gasteiger partial charge in [-0.3, -0.25) is 9.69 Å². The number of thioether (sulfide) groups is 2. The van der Waals surface area contributed by atoms with Gasteiger partial charge in [-0.25, -0.2) is 4.79 Å². The number of nitrogens with zero attached hydrogens (tertiary/aromatic N) is 1. The minimum absolute atomic E-state index is 0.247. The molecule has 0 spiro atoms. The molecule has 0 aromatic heterocycles. The summed E-state index contributed by atoms with van der Waals surface area (Å²) in [4.78, 5) is 25.9. The first-order valence-corrected chi connectivity index (χ1v) is 10.3. The molecule has 26 heavy (non-hydrogen) atoms. The van der Waals surface area contributed by atoms with Crippen molar-refractivity contribution in [1.82, 2.24) is 4.90 Å². The first kappa shape index (κ1) is 20.6. The summed E-state index contributed by atoms with van der Waals surface area (Å²) in [5, 5.41) is 9.49. The first-order chi connectivity index (χ1) is 12.4. The highest BCUT2D eigenvalue weighted by Crippen LogP contribution is 2.38. The zero-order valence-electron chi connectivity index (χ0n) is 14.6. The summed E-state index contributed by atoms with van der Waals surface area (Å²) in [6.07, 6.45) is 3.87. The third-order valence-electron chi connectivity index (χ3n) is 3.74. The van der Waals surface area contributed by atoms with Crippen molar-refractivity contribution >= 4 is 58.0 Å². The van der Waals surface area contributed by atoms with Gasteiger partial charge >= 0.3 is 5.97 Å². The monoisotopic (exact) mass is 413 g/mol. The molecule has 1 heterocycles. The van der Waals surface area contributed by atoms with E-state index in [1.54, 1.807) is 24.3 Å². The quantitative estimate of drug-likeness (QED) is 0.515. The second-order valence-corrected chi connectivity index (χ2v) is 7.93. The summed E-state index contributed by atoms with van der Waals surface area (Å²) >= 11 is 7.88. The zero-order valence-corrected chi connectivity index (χ0v) is 17.0. The highest BCUT2D eigenvalue weighted by Gasteiger charge is 2.40. The minimum atomic E-state index is -1.06. The largest absolute Gasteiger partial charge is 0.493 e. The standard InChI is InChI=1S/C17H19NO5S3/c1-22-12-6-4-5-10(14(12)23-2)9-13-15(19)18(17(24)26-13)11(16(20)21)7-8-25-3/h4-6,9,11H,7-8H2,1-3H3,(H,20,21)/b13-9-/t11-/m0/s1. The number of hydrogen-bond acceptors (Lipinski definition) is 7. The molecule has 0 radical (unpaired) electrons. The number of rotatable bonds is 8. The lowest BCUT2D eigenvalue weighted by Gasteiger charge is -2.22. The molecule has 2 rings (SSSR count). The highest BCUT2D eigenvalue weighted by molar-refractivity contribution is 8.26. The molecule has 1 fully saturated rings. The summed E-state index contributed by atoms with van der Waals surface area (Å²) in [5.74, 6) is 0.197. The first-order valence-electron chi connectivity index (χ1n) is 7.64. The van der Waals surface area contributed by atoms with Crippen LogP contribution in [-0.4, -0.2) is 58.5 Å². The maximum atomic E-state index is 12.8. The predicted octanol–water partition coefficient (Wildman–Crippen LogP) is 3.11. The van der Waals surface area contributed by atoms with Crippen molar-refractivity contribution in [3.05, 3.63) is 28.7 Å². The normalized spacial score (nSPS) is 16.9. The molecule has 1 aromatic carbocycles. The fraction of sp³-hybridized carbons (Fsp3) is 0.353. The third kappa shape index (κ3) is 4.33. The number of aliphatic carboxylic acids is 1. The molecule has 1 N–H and O–H groups in total. The molecule has 9 heteroatoms. The average Bonchev–Trinajstić information content (AvgIpc) is 2.89. The van der Waals surface area contributed by atoms with E-state index in [-0.39, 0.29) is 4.32 Å². The molecule has 0 aliphatic carbocycles. The number of carbonyl (C=O) groups is 2. The van der Waals surface area contributed by atoms with Gasteiger partial charge in [0.25, 0.3) is 5.91 Å². The lowest BCUT2D eigenvalue weighted by Crippen LogP contribution is -2.44. The minimum Gasteiger partial charge on any atom is -0.493 e. The SMILES string of the molecule is COc1cccc(/C=C2\SC(=S)N([C@@H](CCSC)C(=O)O)C2=O)c1OC. The Balaban J connectivity index is 2.36. The van der Waals surface area contributed by atoms with Gasteiger partial charge in [-0.2, -0.15) is 11.8 Å². The Morgan fingerprint density at radius 2 is 2.15 bits per heavy atom. The fourth-order valence-electron chi connectivity index (χ4n) is 2.51. The molecule has 1 aromatic rings. The van der Waals surface area contributed by atoms with E-state index in [4.69, 9.17) is 21.7 Å². The van der Waals surface area contributed by atoms with Crippen molar-refractivity contribution in [1.29, 1.82) is 0 Å². The molecule has 1 saturated heterocycles. The molecule has 140 valence electrons. The molecular weight excluding hydrogens is 394 g/mol. The summed E-state index contributed by atoms with van der Waals surface area (Å²) in [6, 6.07) is 4.36. The van der Waals surface area contributed by atoms with Gasteiger partial charge in [0, 0.05) is 5.56 Å². The number of thiocarbonyl (C=S) groups is 1. The Labute approximate surface area is 165 Å². The van der Waals surface area contributed by atoms with Crippen molar-refractivity contribution in [2.75, 3.05) is 26.2 Å². The fourth-order valence-corrected chi connectivity index (χ4v) is 4.31. The number of amides is 1. The Bertz CT molecular complexity index is 750. The van der Waals surface area contributed by atoms with Crippen LogP contribution in [0.5, 0.6) is 11.5 Å². The van der Waals surface area contributed by atoms with E-state index in [1.165, 1.54) is 30.9 Å². The molecule has 0 unspecified atom stereocenters. The Morgan fingerprint density at radius 1 is 1.42 bits per heavy atom. The van der Waals surface area contributed by atoms with Gasteiger partial charge < -0.3 is 14.6 Å². The van der Waals surface area contributed by atoms with Gasteiger partial charge in [-0.1, -0.05) is 36.1 Å². The number of para-hydroxylation sites is 1. The van der Waals surface area contributed by atoms with Gasteiger partial charge in [-0.05, 0) is 30.6 Å². The molecular formula is C17H19NO5S3. The van der Waals surface area contributed by atoms with E-state index in [2.05, 4.69) is 0 Å². The summed E-state index contributed by atoms with van der Waals surface area (Å²) < 4.78 is 10.9. The summed E-state index contributed by atoms with van der Waals surface area (Å²) in [6.45, 7) is 0. The number of methoxy groups -OCH3 is 2. The van der Waals surface area contributed by atoms with Crippen LogP contribution in [0.15, 0.2) is 23.1 Å². The Morgan fingerprint density at radius 3 is 2.73 bits per heavy atom. The van der Waals surface area contributed by atoms with Crippen LogP contribution in [0.3, 0.4) is 0 Å². The third-order valence-corrected chi connectivity index (χ3v) is 5.71. The molecule has 6 nitrogen and oxygen atoms in total. The van der Waals surface area contributed by atoms with Gasteiger partial charge in [0.15, 0.2) is 11.5 Å². The molecule has 1 aliphatic rings. The molecule has 0 bridgehead atoms. The van der Waals surface area contributed by atoms with Crippen LogP contribution in [0.2, 0.25) is 0 Å². The van der Waals surface area contributed by atoms with Crippen molar-refractivity contribution in [3.63, 3.8) is 0 Å². The van der Waals surface area contributed by atoms with Crippen LogP contribution in [0.25, 0.3) is 6.08 Å². The number of carboxylic acids is 1. The second-order valence-electron chi connectivity index (χ2n) is 5.27. The Hall–Kier alpha value is -1.71. The topological polar surface area (TPSA) is 76.1 Å². The number of carbonyl (C=O) groups excluding carboxylic acids is 1. The number of ether oxygens (including phenoxy) is 2. The van der Waals surface area contributed by atoms with E-state index < -0.39 is 17.9 Å². The van der Waals surface area contributed by atoms with Crippen molar-refractivity contribution in [2.45, 2.75) is 12.5 Å². The van der Waals surface area contributed by atoms with Crippen molar-refractivity contribution in [2.24, 2.45) is 0 Å². The number of benzene rings is 1. The number of carboxylic acid groups (broad SMARTS) is 1.